The first-order valence-corrected chi connectivity index (χ1v) is 14.5. The Morgan fingerprint density at radius 2 is 1.85 bits per heavy atom. The van der Waals surface area contributed by atoms with Crippen molar-refractivity contribution in [1.29, 1.82) is 0 Å². The zero-order chi connectivity index (χ0) is 24.3. The fourth-order valence-electron chi connectivity index (χ4n) is 4.35. The van der Waals surface area contributed by atoms with E-state index in [0.29, 0.717) is 17.9 Å². The fraction of sp³-hybridized carbons (Fsp3) is 0.478. The SMILES string of the molecule is CCOP(=O)(O)c1cccc(NC(=O)C(C)(CC2CCCC2)c2ccc(S(C)(=O)=O)cc2)n1. The summed E-state index contributed by atoms with van der Waals surface area (Å²) in [5.74, 6) is 0.220. The van der Waals surface area contributed by atoms with Gasteiger partial charge in [0.2, 0.25) is 5.91 Å². The van der Waals surface area contributed by atoms with Crippen LogP contribution in [0.25, 0.3) is 0 Å². The van der Waals surface area contributed by atoms with E-state index in [-0.39, 0.29) is 28.7 Å². The number of anilines is 1. The smallest absolute Gasteiger partial charge is 0.320 e. The second-order valence-corrected chi connectivity index (χ2v) is 12.5. The maximum atomic E-state index is 13.6. The van der Waals surface area contributed by atoms with Gasteiger partial charge >= 0.3 is 7.60 Å². The molecule has 1 aliphatic rings. The van der Waals surface area contributed by atoms with Gasteiger partial charge in [0.05, 0.1) is 16.9 Å². The maximum absolute atomic E-state index is 13.6. The number of carbonyl (C=O) groups is 1. The van der Waals surface area contributed by atoms with Crippen molar-refractivity contribution in [1.82, 2.24) is 4.98 Å². The third-order valence-corrected chi connectivity index (χ3v) is 8.73. The third-order valence-electron chi connectivity index (χ3n) is 6.16. The molecule has 1 fully saturated rings. The second kappa shape index (κ2) is 10.1. The highest BCUT2D eigenvalue weighted by Crippen LogP contribution is 2.41. The zero-order valence-corrected chi connectivity index (χ0v) is 20.9. The summed E-state index contributed by atoms with van der Waals surface area (Å²) in [6.45, 7) is 3.50. The van der Waals surface area contributed by atoms with E-state index in [0.717, 1.165) is 31.9 Å². The molecule has 1 aliphatic carbocycles. The number of rotatable bonds is 9. The molecule has 0 radical (unpaired) electrons. The molecule has 2 aromatic rings. The molecule has 180 valence electrons. The summed E-state index contributed by atoms with van der Waals surface area (Å²) in [6.07, 6.45) is 6.09. The van der Waals surface area contributed by atoms with Gasteiger partial charge in [-0.25, -0.2) is 13.4 Å². The van der Waals surface area contributed by atoms with Gasteiger partial charge in [-0.1, -0.05) is 43.9 Å². The van der Waals surface area contributed by atoms with Crippen LogP contribution in [0, 0.1) is 5.92 Å². The zero-order valence-electron chi connectivity index (χ0n) is 19.2. The van der Waals surface area contributed by atoms with Crippen LogP contribution in [0.1, 0.15) is 51.5 Å². The molecular weight excluding hydrogens is 463 g/mol. The van der Waals surface area contributed by atoms with Gasteiger partial charge in [0.25, 0.3) is 0 Å². The number of pyridine rings is 1. The Bertz CT molecular complexity index is 1150. The summed E-state index contributed by atoms with van der Waals surface area (Å²) in [7, 11) is -7.43. The summed E-state index contributed by atoms with van der Waals surface area (Å²) in [4.78, 5) is 28.0. The third kappa shape index (κ3) is 6.09. The molecule has 33 heavy (non-hydrogen) atoms. The van der Waals surface area contributed by atoms with E-state index < -0.39 is 22.8 Å². The molecule has 1 heterocycles. The maximum Gasteiger partial charge on any atom is 0.377 e. The Hall–Kier alpha value is -2.06. The first kappa shape index (κ1) is 25.6. The van der Waals surface area contributed by atoms with Crippen molar-refractivity contribution < 1.29 is 27.2 Å². The van der Waals surface area contributed by atoms with Crippen LogP contribution >= 0.6 is 7.60 Å². The molecule has 0 bridgehead atoms. The largest absolute Gasteiger partial charge is 0.377 e. The lowest BCUT2D eigenvalue weighted by Gasteiger charge is -2.31. The van der Waals surface area contributed by atoms with E-state index in [1.807, 2.05) is 6.92 Å². The number of amides is 1. The average molecular weight is 495 g/mol. The summed E-state index contributed by atoms with van der Waals surface area (Å²) in [5.41, 5.74) is -0.374. The summed E-state index contributed by atoms with van der Waals surface area (Å²) < 4.78 is 41.0. The fourth-order valence-corrected chi connectivity index (χ4v) is 5.97. The van der Waals surface area contributed by atoms with Gasteiger partial charge < -0.3 is 14.7 Å². The molecule has 1 aromatic carbocycles. The quantitative estimate of drug-likeness (QED) is 0.508. The first-order chi connectivity index (χ1) is 15.5. The molecule has 2 unspecified atom stereocenters. The number of aromatic nitrogens is 1. The van der Waals surface area contributed by atoms with Crippen LogP contribution in [0.5, 0.6) is 0 Å². The van der Waals surface area contributed by atoms with E-state index in [4.69, 9.17) is 4.52 Å². The lowest BCUT2D eigenvalue weighted by Crippen LogP contribution is -2.39. The van der Waals surface area contributed by atoms with E-state index in [9.17, 15) is 22.7 Å². The Labute approximate surface area is 195 Å². The van der Waals surface area contributed by atoms with Crippen LogP contribution in [0.4, 0.5) is 5.82 Å². The number of hydrogen-bond donors (Lipinski definition) is 2. The van der Waals surface area contributed by atoms with Crippen LogP contribution in [-0.2, 0) is 29.1 Å². The predicted molar refractivity (Wildman–Crippen MR) is 127 cm³/mol. The van der Waals surface area contributed by atoms with Crippen molar-refractivity contribution in [3.05, 3.63) is 48.0 Å². The van der Waals surface area contributed by atoms with Crippen molar-refractivity contribution >= 4 is 34.6 Å². The highest BCUT2D eigenvalue weighted by atomic mass is 32.2. The van der Waals surface area contributed by atoms with Crippen LogP contribution in [0.3, 0.4) is 0 Å². The minimum absolute atomic E-state index is 0.0506. The molecule has 2 atom stereocenters. The lowest BCUT2D eigenvalue weighted by atomic mass is 9.74. The minimum atomic E-state index is -4.08. The van der Waals surface area contributed by atoms with Crippen LogP contribution in [-0.4, -0.2) is 37.1 Å². The van der Waals surface area contributed by atoms with Crippen molar-refractivity contribution in [2.24, 2.45) is 5.92 Å². The Morgan fingerprint density at radius 1 is 1.21 bits per heavy atom. The van der Waals surface area contributed by atoms with Crippen LogP contribution in [0.15, 0.2) is 47.4 Å². The monoisotopic (exact) mass is 494 g/mol. The predicted octanol–water partition coefficient (Wildman–Crippen LogP) is 3.81. The van der Waals surface area contributed by atoms with Crippen LogP contribution in [0.2, 0.25) is 0 Å². The van der Waals surface area contributed by atoms with Gasteiger partial charge in [0.1, 0.15) is 5.82 Å². The Kier molecular flexibility index (Phi) is 7.79. The minimum Gasteiger partial charge on any atom is -0.320 e. The highest BCUT2D eigenvalue weighted by molar-refractivity contribution is 7.90. The number of hydrogen-bond acceptors (Lipinski definition) is 6. The van der Waals surface area contributed by atoms with E-state index >= 15 is 0 Å². The van der Waals surface area contributed by atoms with Gasteiger partial charge in [-0.15, -0.1) is 0 Å². The van der Waals surface area contributed by atoms with Crippen LogP contribution < -0.4 is 10.8 Å². The number of nitrogens with one attached hydrogen (secondary N) is 1. The number of sulfone groups is 1. The molecule has 2 N–H and O–H groups in total. The molecule has 1 aromatic heterocycles. The Balaban J connectivity index is 1.92. The summed E-state index contributed by atoms with van der Waals surface area (Å²) in [5, 5.41) is 2.80. The van der Waals surface area contributed by atoms with Gasteiger partial charge in [-0.3, -0.25) is 9.36 Å². The molecule has 0 saturated heterocycles. The van der Waals surface area contributed by atoms with E-state index in [2.05, 4.69) is 10.3 Å². The Morgan fingerprint density at radius 3 is 2.42 bits per heavy atom. The first-order valence-electron chi connectivity index (χ1n) is 11.0. The molecular formula is C23H31N2O6PS. The second-order valence-electron chi connectivity index (χ2n) is 8.76. The van der Waals surface area contributed by atoms with Crippen molar-refractivity contribution in [3.63, 3.8) is 0 Å². The number of benzene rings is 1. The van der Waals surface area contributed by atoms with Gasteiger partial charge in [-0.2, -0.15) is 0 Å². The lowest BCUT2D eigenvalue weighted by molar-refractivity contribution is -0.121. The highest BCUT2D eigenvalue weighted by Gasteiger charge is 2.39. The average Bonchev–Trinajstić information content (AvgIpc) is 3.26. The van der Waals surface area contributed by atoms with Gasteiger partial charge in [-0.05, 0) is 56.0 Å². The molecule has 10 heteroatoms. The number of carbonyl (C=O) groups excluding carboxylic acids is 1. The van der Waals surface area contributed by atoms with Gasteiger partial charge in [0.15, 0.2) is 15.3 Å². The molecule has 1 amide bonds. The van der Waals surface area contributed by atoms with Crippen molar-refractivity contribution in [2.75, 3.05) is 18.2 Å². The molecule has 1 saturated carbocycles. The summed E-state index contributed by atoms with van der Waals surface area (Å²) in [6, 6.07) is 10.9. The van der Waals surface area contributed by atoms with Crippen molar-refractivity contribution in [3.8, 4) is 0 Å². The van der Waals surface area contributed by atoms with Gasteiger partial charge in [0, 0.05) is 6.26 Å². The molecule has 0 aliphatic heterocycles. The summed E-state index contributed by atoms with van der Waals surface area (Å²) >= 11 is 0. The van der Waals surface area contributed by atoms with E-state index in [1.165, 1.54) is 24.3 Å². The topological polar surface area (TPSA) is 123 Å². The molecule has 3 rings (SSSR count). The molecule has 0 spiro atoms. The standard InChI is InChI=1S/C23H31N2O6PS/c1-4-31-32(27,28)21-11-7-10-20(24-21)25-22(26)23(2,16-17-8-5-6-9-17)18-12-14-19(15-13-18)33(3,29)30/h7,10-15,17H,4-6,8-9,16H2,1-3H3,(H,27,28)(H,24,25,26). The normalized spacial score (nSPS) is 18.4. The van der Waals surface area contributed by atoms with E-state index in [1.54, 1.807) is 25.1 Å². The van der Waals surface area contributed by atoms with Crippen molar-refractivity contribution in [2.45, 2.75) is 56.3 Å². The number of nitrogens with zero attached hydrogens (tertiary/aromatic N) is 1. The molecule has 8 nitrogen and oxygen atoms in total.